The zero-order valence-corrected chi connectivity index (χ0v) is 10.4. The highest BCUT2D eigenvalue weighted by Gasteiger charge is 2.16. The van der Waals surface area contributed by atoms with Crippen molar-refractivity contribution < 1.29 is 19.4 Å². The van der Waals surface area contributed by atoms with E-state index in [0.717, 1.165) is 0 Å². The van der Waals surface area contributed by atoms with Gasteiger partial charge in [0.25, 0.3) is 0 Å². The van der Waals surface area contributed by atoms with E-state index in [1.54, 1.807) is 20.8 Å². The first kappa shape index (κ1) is 13.9. The molecule has 18 heavy (non-hydrogen) atoms. The zero-order chi connectivity index (χ0) is 13.8. The predicted octanol–water partition coefficient (Wildman–Crippen LogP) is 1.45. The molecule has 0 aromatic carbocycles. The van der Waals surface area contributed by atoms with Crippen LogP contribution >= 0.6 is 0 Å². The highest BCUT2D eigenvalue weighted by molar-refractivity contribution is 5.83. The fourth-order valence-corrected chi connectivity index (χ4v) is 1.07. The van der Waals surface area contributed by atoms with Gasteiger partial charge in [0, 0.05) is 0 Å². The SMILES string of the molecule is CC(C)(C)OC(=O)Nc1cnc(CC(=O)O)cn1. The molecule has 0 aliphatic rings. The molecular formula is C11H15N3O4. The Kier molecular flexibility index (Phi) is 4.19. The summed E-state index contributed by atoms with van der Waals surface area (Å²) in [4.78, 5) is 29.5. The van der Waals surface area contributed by atoms with Gasteiger partial charge in [0.15, 0.2) is 5.82 Å². The van der Waals surface area contributed by atoms with Gasteiger partial charge in [0.2, 0.25) is 0 Å². The van der Waals surface area contributed by atoms with Gasteiger partial charge in [0.1, 0.15) is 5.60 Å². The standard InChI is InChI=1S/C11H15N3O4/c1-11(2,3)18-10(17)14-8-6-12-7(5-13-8)4-9(15)16/h5-6H,4H2,1-3H3,(H,15,16)(H,13,14,17). The summed E-state index contributed by atoms with van der Waals surface area (Å²) in [7, 11) is 0. The van der Waals surface area contributed by atoms with Crippen molar-refractivity contribution >= 4 is 17.9 Å². The third kappa shape index (κ3) is 5.24. The van der Waals surface area contributed by atoms with Gasteiger partial charge >= 0.3 is 12.1 Å². The van der Waals surface area contributed by atoms with Crippen molar-refractivity contribution in [2.45, 2.75) is 32.8 Å². The fraction of sp³-hybridized carbons (Fsp3) is 0.455. The molecule has 7 nitrogen and oxygen atoms in total. The first-order valence-electron chi connectivity index (χ1n) is 5.29. The summed E-state index contributed by atoms with van der Waals surface area (Å²) < 4.78 is 5.02. The second-order valence-corrected chi connectivity index (χ2v) is 4.59. The van der Waals surface area contributed by atoms with Gasteiger partial charge in [-0.05, 0) is 20.8 Å². The summed E-state index contributed by atoms with van der Waals surface area (Å²) in [6.45, 7) is 5.23. The van der Waals surface area contributed by atoms with Crippen LogP contribution in [0.3, 0.4) is 0 Å². The Morgan fingerprint density at radius 1 is 1.33 bits per heavy atom. The maximum absolute atomic E-state index is 11.4. The van der Waals surface area contributed by atoms with Gasteiger partial charge < -0.3 is 9.84 Å². The fourth-order valence-electron chi connectivity index (χ4n) is 1.07. The van der Waals surface area contributed by atoms with Crippen molar-refractivity contribution in [3.8, 4) is 0 Å². The van der Waals surface area contributed by atoms with Gasteiger partial charge in [-0.1, -0.05) is 0 Å². The number of carboxylic acid groups (broad SMARTS) is 1. The molecule has 0 fully saturated rings. The third-order valence-corrected chi connectivity index (χ3v) is 1.67. The number of hydrogen-bond donors (Lipinski definition) is 2. The Morgan fingerprint density at radius 2 is 2.00 bits per heavy atom. The third-order valence-electron chi connectivity index (χ3n) is 1.67. The minimum atomic E-state index is -0.989. The molecule has 0 aliphatic carbocycles. The molecule has 0 aliphatic heterocycles. The van der Waals surface area contributed by atoms with E-state index < -0.39 is 17.7 Å². The smallest absolute Gasteiger partial charge is 0.413 e. The minimum absolute atomic E-state index is 0.207. The Labute approximate surface area is 104 Å². The highest BCUT2D eigenvalue weighted by Crippen LogP contribution is 2.09. The van der Waals surface area contributed by atoms with Crippen molar-refractivity contribution in [2.75, 3.05) is 5.32 Å². The maximum Gasteiger partial charge on any atom is 0.413 e. The number of hydrogen-bond acceptors (Lipinski definition) is 5. The van der Waals surface area contributed by atoms with E-state index in [0.29, 0.717) is 5.69 Å². The van der Waals surface area contributed by atoms with Crippen molar-refractivity contribution in [3.63, 3.8) is 0 Å². The number of ether oxygens (including phenoxy) is 1. The van der Waals surface area contributed by atoms with Gasteiger partial charge in [0.05, 0.1) is 24.5 Å². The largest absolute Gasteiger partial charge is 0.481 e. The molecule has 0 saturated carbocycles. The van der Waals surface area contributed by atoms with Crippen LogP contribution in [-0.2, 0) is 16.0 Å². The van der Waals surface area contributed by atoms with E-state index in [2.05, 4.69) is 15.3 Å². The van der Waals surface area contributed by atoms with Crippen molar-refractivity contribution in [1.29, 1.82) is 0 Å². The van der Waals surface area contributed by atoms with Crippen LogP contribution in [0.1, 0.15) is 26.5 Å². The molecule has 0 radical (unpaired) electrons. The number of nitrogens with zero attached hydrogens (tertiary/aromatic N) is 2. The molecule has 1 heterocycles. The summed E-state index contributed by atoms with van der Waals surface area (Å²) >= 11 is 0. The molecule has 1 rings (SSSR count). The maximum atomic E-state index is 11.4. The lowest BCUT2D eigenvalue weighted by Gasteiger charge is -2.19. The summed E-state index contributed by atoms with van der Waals surface area (Å²) in [5.74, 6) is -0.782. The number of anilines is 1. The summed E-state index contributed by atoms with van der Waals surface area (Å²) in [6.07, 6.45) is 1.73. The second-order valence-electron chi connectivity index (χ2n) is 4.59. The van der Waals surface area contributed by atoms with E-state index >= 15 is 0 Å². The van der Waals surface area contributed by atoms with Crippen molar-refractivity contribution in [1.82, 2.24) is 9.97 Å². The molecule has 0 unspecified atom stereocenters. The first-order chi connectivity index (χ1) is 8.26. The zero-order valence-electron chi connectivity index (χ0n) is 10.4. The number of rotatable bonds is 3. The molecule has 98 valence electrons. The topological polar surface area (TPSA) is 101 Å². The molecule has 0 atom stereocenters. The Hall–Kier alpha value is -2.18. The summed E-state index contributed by atoms with van der Waals surface area (Å²) in [5.41, 5.74) is -0.280. The molecule has 2 N–H and O–H groups in total. The van der Waals surface area contributed by atoms with E-state index in [1.165, 1.54) is 12.4 Å². The second kappa shape index (κ2) is 5.44. The predicted molar refractivity (Wildman–Crippen MR) is 63.2 cm³/mol. The van der Waals surface area contributed by atoms with Gasteiger partial charge in [-0.3, -0.25) is 15.1 Å². The van der Waals surface area contributed by atoms with Crippen LogP contribution in [0.5, 0.6) is 0 Å². The lowest BCUT2D eigenvalue weighted by molar-refractivity contribution is -0.136. The molecule has 0 spiro atoms. The lowest BCUT2D eigenvalue weighted by Crippen LogP contribution is -2.27. The number of amides is 1. The van der Waals surface area contributed by atoms with E-state index in [9.17, 15) is 9.59 Å². The quantitative estimate of drug-likeness (QED) is 0.845. The van der Waals surface area contributed by atoms with E-state index in [1.807, 2.05) is 0 Å². The van der Waals surface area contributed by atoms with E-state index in [-0.39, 0.29) is 12.2 Å². The van der Waals surface area contributed by atoms with Crippen LogP contribution in [0.4, 0.5) is 10.6 Å². The van der Waals surface area contributed by atoms with Crippen LogP contribution in [-0.4, -0.2) is 32.7 Å². The normalized spacial score (nSPS) is 10.8. The number of aliphatic carboxylic acids is 1. The summed E-state index contributed by atoms with van der Waals surface area (Å²) in [5, 5.41) is 10.9. The molecular weight excluding hydrogens is 238 g/mol. The Bertz CT molecular complexity index is 437. The number of aromatic nitrogens is 2. The summed E-state index contributed by atoms with van der Waals surface area (Å²) in [6, 6.07) is 0. The molecule has 0 saturated heterocycles. The molecule has 0 bridgehead atoms. The monoisotopic (exact) mass is 253 g/mol. The Morgan fingerprint density at radius 3 is 2.44 bits per heavy atom. The lowest BCUT2D eigenvalue weighted by atomic mass is 10.2. The number of nitrogens with one attached hydrogen (secondary N) is 1. The van der Waals surface area contributed by atoms with Crippen LogP contribution in [0, 0.1) is 0 Å². The molecule has 7 heteroatoms. The average molecular weight is 253 g/mol. The van der Waals surface area contributed by atoms with Gasteiger partial charge in [-0.15, -0.1) is 0 Å². The van der Waals surface area contributed by atoms with E-state index in [4.69, 9.17) is 9.84 Å². The number of carboxylic acids is 1. The number of carbonyl (C=O) groups excluding carboxylic acids is 1. The Balaban J connectivity index is 2.58. The van der Waals surface area contributed by atoms with Crippen molar-refractivity contribution in [3.05, 3.63) is 18.1 Å². The van der Waals surface area contributed by atoms with Crippen LogP contribution in [0.2, 0.25) is 0 Å². The number of carbonyl (C=O) groups is 2. The average Bonchev–Trinajstić information content (AvgIpc) is 2.17. The van der Waals surface area contributed by atoms with Crippen LogP contribution in [0.25, 0.3) is 0 Å². The highest BCUT2D eigenvalue weighted by atomic mass is 16.6. The molecule has 1 amide bonds. The van der Waals surface area contributed by atoms with Gasteiger partial charge in [-0.2, -0.15) is 0 Å². The van der Waals surface area contributed by atoms with Crippen LogP contribution in [0.15, 0.2) is 12.4 Å². The molecule has 1 aromatic rings. The van der Waals surface area contributed by atoms with Gasteiger partial charge in [-0.25, -0.2) is 9.78 Å². The molecule has 1 aromatic heterocycles. The minimum Gasteiger partial charge on any atom is -0.481 e. The van der Waals surface area contributed by atoms with Crippen LogP contribution < -0.4 is 5.32 Å². The first-order valence-corrected chi connectivity index (χ1v) is 5.29. The van der Waals surface area contributed by atoms with Crippen molar-refractivity contribution in [2.24, 2.45) is 0 Å².